The molecule has 0 aliphatic carbocycles. The van der Waals surface area contributed by atoms with Crippen LogP contribution < -0.4 is 26.5 Å². The number of benzene rings is 1. The van der Waals surface area contributed by atoms with Crippen molar-refractivity contribution in [2.45, 2.75) is 17.4 Å². The van der Waals surface area contributed by atoms with Gasteiger partial charge in [0, 0.05) is 19.7 Å². The summed E-state index contributed by atoms with van der Waals surface area (Å²) >= 11 is 0.976. The molecule has 0 aliphatic rings. The van der Waals surface area contributed by atoms with Gasteiger partial charge in [0.15, 0.2) is 17.3 Å². The largest absolute Gasteiger partial charge is 0.493 e. The molecule has 2 aromatic heterocycles. The minimum atomic E-state index is -0.772. The van der Waals surface area contributed by atoms with Gasteiger partial charge in [0.05, 0.1) is 19.5 Å². The lowest BCUT2D eigenvalue weighted by Crippen LogP contribution is -2.42. The summed E-state index contributed by atoms with van der Waals surface area (Å²) in [6.45, 7) is 1.58. The van der Waals surface area contributed by atoms with E-state index in [1.165, 1.54) is 28.3 Å². The molecule has 3 aromatic rings. The van der Waals surface area contributed by atoms with Gasteiger partial charge in [0.2, 0.25) is 5.89 Å². The second-order valence-corrected chi connectivity index (χ2v) is 7.83. The van der Waals surface area contributed by atoms with Crippen LogP contribution in [-0.2, 0) is 14.1 Å². The van der Waals surface area contributed by atoms with E-state index in [9.17, 15) is 14.4 Å². The van der Waals surface area contributed by atoms with Crippen LogP contribution in [0.15, 0.2) is 37.4 Å². The minimum Gasteiger partial charge on any atom is -0.493 e. The molecular formula is C19H21N5O6S. The van der Waals surface area contributed by atoms with Gasteiger partial charge in [-0.05, 0) is 25.1 Å². The van der Waals surface area contributed by atoms with Crippen LogP contribution >= 0.6 is 11.8 Å². The van der Waals surface area contributed by atoms with Gasteiger partial charge in [-0.25, -0.2) is 4.79 Å². The number of anilines is 1. The van der Waals surface area contributed by atoms with E-state index < -0.39 is 22.3 Å². The average molecular weight is 447 g/mol. The zero-order chi connectivity index (χ0) is 22.9. The highest BCUT2D eigenvalue weighted by atomic mass is 32.2. The SMILES string of the molecule is COc1ccc(-c2nnc(SC(C)C(=O)c3c(N)n(C)c(=O)n(C)c3=O)o2)cc1OC. The molecule has 3 rings (SSSR count). The number of ketones is 1. The van der Waals surface area contributed by atoms with Crippen LogP contribution in [0, 0.1) is 0 Å². The molecule has 1 aromatic carbocycles. The fourth-order valence-corrected chi connectivity index (χ4v) is 3.59. The molecule has 0 saturated heterocycles. The number of carbonyl (C=O) groups excluding carboxylic acids is 1. The third kappa shape index (κ3) is 4.06. The minimum absolute atomic E-state index is 0.130. The zero-order valence-electron chi connectivity index (χ0n) is 17.5. The van der Waals surface area contributed by atoms with Gasteiger partial charge in [-0.15, -0.1) is 10.2 Å². The summed E-state index contributed by atoms with van der Waals surface area (Å²) < 4.78 is 18.0. The highest BCUT2D eigenvalue weighted by Crippen LogP contribution is 2.33. The summed E-state index contributed by atoms with van der Waals surface area (Å²) in [4.78, 5) is 37.3. The number of nitrogens with two attached hydrogens (primary N) is 1. The molecule has 0 fully saturated rings. The van der Waals surface area contributed by atoms with Crippen LogP contribution in [0.1, 0.15) is 17.3 Å². The van der Waals surface area contributed by atoms with Crippen LogP contribution in [-0.4, -0.2) is 44.6 Å². The standard InChI is InChI=1S/C19H21N5O6S/c1-9(14(25)13-15(20)23(2)19(27)24(3)17(13)26)31-18-22-21-16(30-18)10-6-7-11(28-4)12(8-10)29-5/h6-9H,20H2,1-5H3. The first-order chi connectivity index (χ1) is 14.7. The van der Waals surface area contributed by atoms with E-state index in [0.717, 1.165) is 20.9 Å². The maximum Gasteiger partial charge on any atom is 0.332 e. The number of ether oxygens (including phenoxy) is 2. The number of carbonyl (C=O) groups is 1. The van der Waals surface area contributed by atoms with Crippen molar-refractivity contribution in [3.05, 3.63) is 44.6 Å². The van der Waals surface area contributed by atoms with Gasteiger partial charge in [-0.3, -0.25) is 18.7 Å². The third-order valence-corrected chi connectivity index (χ3v) is 5.57. The Hall–Kier alpha value is -3.54. The quantitative estimate of drug-likeness (QED) is 0.413. The number of hydrogen-bond acceptors (Lipinski definition) is 10. The molecule has 0 radical (unpaired) electrons. The summed E-state index contributed by atoms with van der Waals surface area (Å²) in [7, 11) is 5.71. The van der Waals surface area contributed by atoms with E-state index in [1.807, 2.05) is 0 Å². The molecule has 12 heteroatoms. The second-order valence-electron chi connectivity index (χ2n) is 6.53. The van der Waals surface area contributed by atoms with Gasteiger partial charge in [-0.1, -0.05) is 11.8 Å². The number of aromatic nitrogens is 4. The first kappa shape index (κ1) is 22.2. The summed E-state index contributed by atoms with van der Waals surface area (Å²) in [5, 5.41) is 7.31. The Morgan fingerprint density at radius 1 is 1.13 bits per heavy atom. The summed E-state index contributed by atoms with van der Waals surface area (Å²) in [6, 6.07) is 5.12. The number of nitrogen functional groups attached to an aromatic ring is 1. The summed E-state index contributed by atoms with van der Waals surface area (Å²) in [6.07, 6.45) is 0. The molecule has 31 heavy (non-hydrogen) atoms. The van der Waals surface area contributed by atoms with Crippen LogP contribution in [0.5, 0.6) is 11.5 Å². The lowest BCUT2D eigenvalue weighted by molar-refractivity contribution is 0.0991. The Morgan fingerprint density at radius 2 is 1.81 bits per heavy atom. The number of thioether (sulfide) groups is 1. The molecule has 11 nitrogen and oxygen atoms in total. The van der Waals surface area contributed by atoms with Crippen molar-refractivity contribution in [2.24, 2.45) is 14.1 Å². The smallest absolute Gasteiger partial charge is 0.332 e. The van der Waals surface area contributed by atoms with Crippen molar-refractivity contribution in [1.29, 1.82) is 0 Å². The fraction of sp³-hybridized carbons (Fsp3) is 0.316. The normalized spacial score (nSPS) is 11.9. The monoisotopic (exact) mass is 447 g/mol. The maximum absolute atomic E-state index is 12.9. The number of hydrogen-bond donors (Lipinski definition) is 1. The maximum atomic E-state index is 12.9. The first-order valence-electron chi connectivity index (χ1n) is 9.01. The molecule has 0 spiro atoms. The molecule has 0 saturated carbocycles. The summed E-state index contributed by atoms with van der Waals surface area (Å²) in [5.74, 6) is 0.528. The molecule has 2 heterocycles. The van der Waals surface area contributed by atoms with Gasteiger partial charge >= 0.3 is 5.69 Å². The third-order valence-electron chi connectivity index (χ3n) is 4.64. The number of Topliss-reactive ketones (excluding diaryl/α,β-unsaturated/α-hetero) is 1. The second kappa shape index (κ2) is 8.68. The van der Waals surface area contributed by atoms with Crippen molar-refractivity contribution >= 4 is 23.4 Å². The molecule has 0 aliphatic heterocycles. The predicted molar refractivity (Wildman–Crippen MR) is 114 cm³/mol. The highest BCUT2D eigenvalue weighted by molar-refractivity contribution is 8.00. The van der Waals surface area contributed by atoms with Crippen LogP contribution in [0.25, 0.3) is 11.5 Å². The van der Waals surface area contributed by atoms with E-state index in [-0.39, 0.29) is 22.5 Å². The highest BCUT2D eigenvalue weighted by Gasteiger charge is 2.27. The molecule has 2 N–H and O–H groups in total. The van der Waals surface area contributed by atoms with Crippen molar-refractivity contribution in [3.8, 4) is 23.0 Å². The van der Waals surface area contributed by atoms with Gasteiger partial charge in [0.25, 0.3) is 10.8 Å². The van der Waals surface area contributed by atoms with Crippen molar-refractivity contribution in [2.75, 3.05) is 20.0 Å². The Morgan fingerprint density at radius 3 is 2.45 bits per heavy atom. The number of nitrogens with zero attached hydrogens (tertiary/aromatic N) is 4. The fourth-order valence-electron chi connectivity index (χ4n) is 2.84. The topological polar surface area (TPSA) is 144 Å². The lowest BCUT2D eigenvalue weighted by Gasteiger charge is -2.13. The Kier molecular flexibility index (Phi) is 6.20. The Bertz CT molecular complexity index is 1260. The van der Waals surface area contributed by atoms with E-state index in [4.69, 9.17) is 19.6 Å². The average Bonchev–Trinajstić information content (AvgIpc) is 3.24. The number of rotatable bonds is 7. The summed E-state index contributed by atoms with van der Waals surface area (Å²) in [5.41, 5.74) is 4.84. The Labute approximate surface area is 180 Å². The molecular weight excluding hydrogens is 426 g/mol. The van der Waals surface area contributed by atoms with Crippen molar-refractivity contribution < 1.29 is 18.7 Å². The van der Waals surface area contributed by atoms with Crippen molar-refractivity contribution in [3.63, 3.8) is 0 Å². The molecule has 0 bridgehead atoms. The number of methoxy groups -OCH3 is 2. The van der Waals surface area contributed by atoms with Crippen LogP contribution in [0.3, 0.4) is 0 Å². The van der Waals surface area contributed by atoms with Gasteiger partial charge in [0.1, 0.15) is 11.4 Å². The van der Waals surface area contributed by atoms with E-state index in [2.05, 4.69) is 10.2 Å². The van der Waals surface area contributed by atoms with E-state index >= 15 is 0 Å². The predicted octanol–water partition coefficient (Wildman–Crippen LogP) is 1.10. The lowest BCUT2D eigenvalue weighted by atomic mass is 10.1. The first-order valence-corrected chi connectivity index (χ1v) is 9.89. The van der Waals surface area contributed by atoms with Crippen molar-refractivity contribution in [1.82, 2.24) is 19.3 Å². The van der Waals surface area contributed by atoms with Crippen LogP contribution in [0.2, 0.25) is 0 Å². The molecule has 1 unspecified atom stereocenters. The van der Waals surface area contributed by atoms with Gasteiger partial charge < -0.3 is 19.6 Å². The molecule has 0 amide bonds. The Balaban J connectivity index is 1.86. The van der Waals surface area contributed by atoms with Crippen LogP contribution in [0.4, 0.5) is 5.82 Å². The zero-order valence-corrected chi connectivity index (χ0v) is 18.3. The van der Waals surface area contributed by atoms with Gasteiger partial charge in [-0.2, -0.15) is 0 Å². The van der Waals surface area contributed by atoms with E-state index in [1.54, 1.807) is 25.1 Å². The molecule has 164 valence electrons. The van der Waals surface area contributed by atoms with E-state index in [0.29, 0.717) is 17.1 Å². The molecule has 1 atom stereocenters.